The molecule has 1 amide bonds. The van der Waals surface area contributed by atoms with Gasteiger partial charge >= 0.3 is 0 Å². The summed E-state index contributed by atoms with van der Waals surface area (Å²) in [5.74, 6) is 1.53. The largest absolute Gasteiger partial charge is 0.441 e. The monoisotopic (exact) mass is 334 g/mol. The molecule has 0 radical (unpaired) electrons. The van der Waals surface area contributed by atoms with Crippen molar-refractivity contribution in [1.29, 1.82) is 0 Å². The smallest absolute Gasteiger partial charge is 0.226 e. The van der Waals surface area contributed by atoms with Gasteiger partial charge in [-0.3, -0.25) is 4.79 Å². The zero-order valence-electron chi connectivity index (χ0n) is 13.6. The molecule has 0 aliphatic carbocycles. The molecule has 5 nitrogen and oxygen atoms in total. The molecule has 0 saturated heterocycles. The Morgan fingerprint density at radius 2 is 2.09 bits per heavy atom. The lowest BCUT2D eigenvalue weighted by Crippen LogP contribution is -2.43. The van der Waals surface area contributed by atoms with Crippen LogP contribution in [0.15, 0.2) is 34.7 Å². The van der Waals surface area contributed by atoms with Gasteiger partial charge in [-0.1, -0.05) is 18.2 Å². The predicted octanol–water partition coefficient (Wildman–Crippen LogP) is 2.42. The summed E-state index contributed by atoms with van der Waals surface area (Å²) in [5.41, 5.74) is 0.583. The van der Waals surface area contributed by atoms with E-state index in [2.05, 4.69) is 10.3 Å². The second-order valence-electron chi connectivity index (χ2n) is 5.77. The Hall–Kier alpha value is -1.79. The summed E-state index contributed by atoms with van der Waals surface area (Å²) in [6.07, 6.45) is 2.05. The first kappa shape index (κ1) is 17.6. The first-order valence-corrected chi connectivity index (χ1v) is 8.80. The van der Waals surface area contributed by atoms with Gasteiger partial charge in [0, 0.05) is 17.9 Å². The number of nitrogens with zero attached hydrogens (tertiary/aromatic N) is 1. The summed E-state index contributed by atoms with van der Waals surface area (Å²) in [5, 5.41) is 12.8. The van der Waals surface area contributed by atoms with Gasteiger partial charge in [0.15, 0.2) is 0 Å². The molecular weight excluding hydrogens is 312 g/mol. The standard InChI is InChI=1S/C17H22N2O3S/c1-12-14(9-15(20)18-10-17(2,21)11-23-3)19-16(22-12)13-7-5-4-6-8-13/h4-8,21H,9-11H2,1-3H3,(H,18,20). The Morgan fingerprint density at radius 1 is 1.39 bits per heavy atom. The summed E-state index contributed by atoms with van der Waals surface area (Å²) in [7, 11) is 0. The molecular formula is C17H22N2O3S. The maximum Gasteiger partial charge on any atom is 0.226 e. The van der Waals surface area contributed by atoms with Crippen LogP contribution in [0.5, 0.6) is 0 Å². The predicted molar refractivity (Wildman–Crippen MR) is 92.4 cm³/mol. The van der Waals surface area contributed by atoms with Crippen LogP contribution < -0.4 is 5.32 Å². The Kier molecular flexibility index (Phi) is 5.85. The molecule has 0 aliphatic heterocycles. The van der Waals surface area contributed by atoms with E-state index in [9.17, 15) is 9.90 Å². The number of amides is 1. The molecule has 6 heteroatoms. The number of oxazole rings is 1. The number of hydrogen-bond acceptors (Lipinski definition) is 5. The lowest BCUT2D eigenvalue weighted by Gasteiger charge is -2.22. The number of thioether (sulfide) groups is 1. The van der Waals surface area contributed by atoms with E-state index in [1.807, 2.05) is 36.6 Å². The van der Waals surface area contributed by atoms with Crippen molar-refractivity contribution < 1.29 is 14.3 Å². The highest BCUT2D eigenvalue weighted by atomic mass is 32.2. The van der Waals surface area contributed by atoms with Crippen molar-refractivity contribution in [2.24, 2.45) is 0 Å². The van der Waals surface area contributed by atoms with Crippen molar-refractivity contribution in [3.63, 3.8) is 0 Å². The highest BCUT2D eigenvalue weighted by molar-refractivity contribution is 7.98. The molecule has 124 valence electrons. The van der Waals surface area contributed by atoms with Gasteiger partial charge in [0.05, 0.1) is 17.7 Å². The topological polar surface area (TPSA) is 75.4 Å². The fourth-order valence-corrected chi connectivity index (χ4v) is 2.89. The third-order valence-electron chi connectivity index (χ3n) is 3.36. The second-order valence-corrected chi connectivity index (χ2v) is 6.64. The van der Waals surface area contributed by atoms with Gasteiger partial charge in [0.2, 0.25) is 11.8 Å². The lowest BCUT2D eigenvalue weighted by atomic mass is 10.1. The zero-order chi connectivity index (χ0) is 16.9. The highest BCUT2D eigenvalue weighted by Gasteiger charge is 2.21. The van der Waals surface area contributed by atoms with Crippen LogP contribution in [0.25, 0.3) is 11.5 Å². The maximum atomic E-state index is 12.1. The van der Waals surface area contributed by atoms with E-state index >= 15 is 0 Å². The Balaban J connectivity index is 1.98. The van der Waals surface area contributed by atoms with Crippen LogP contribution >= 0.6 is 11.8 Å². The minimum Gasteiger partial charge on any atom is -0.441 e. The molecule has 2 rings (SSSR count). The van der Waals surface area contributed by atoms with Crippen molar-refractivity contribution in [3.05, 3.63) is 41.8 Å². The van der Waals surface area contributed by atoms with Crippen molar-refractivity contribution in [1.82, 2.24) is 10.3 Å². The minimum atomic E-state index is -0.914. The van der Waals surface area contributed by atoms with Gasteiger partial charge in [-0.25, -0.2) is 4.98 Å². The lowest BCUT2D eigenvalue weighted by molar-refractivity contribution is -0.121. The van der Waals surface area contributed by atoms with Crippen LogP contribution in [-0.2, 0) is 11.2 Å². The van der Waals surface area contributed by atoms with Crippen molar-refractivity contribution in [2.75, 3.05) is 18.6 Å². The van der Waals surface area contributed by atoms with Gasteiger partial charge in [0.25, 0.3) is 0 Å². The first-order chi connectivity index (χ1) is 10.9. The van der Waals surface area contributed by atoms with Crippen LogP contribution in [0.4, 0.5) is 0 Å². The molecule has 0 bridgehead atoms. The minimum absolute atomic E-state index is 0.136. The molecule has 1 aromatic carbocycles. The molecule has 1 heterocycles. The van der Waals surface area contributed by atoms with E-state index in [0.717, 1.165) is 5.56 Å². The van der Waals surface area contributed by atoms with Crippen molar-refractivity contribution in [3.8, 4) is 11.5 Å². The molecule has 0 fully saturated rings. The molecule has 23 heavy (non-hydrogen) atoms. The normalized spacial score (nSPS) is 13.6. The molecule has 1 aromatic heterocycles. The highest BCUT2D eigenvalue weighted by Crippen LogP contribution is 2.21. The summed E-state index contributed by atoms with van der Waals surface area (Å²) >= 11 is 1.54. The van der Waals surface area contributed by atoms with Gasteiger partial charge < -0.3 is 14.8 Å². The first-order valence-electron chi connectivity index (χ1n) is 7.41. The molecule has 0 saturated carbocycles. The number of aryl methyl sites for hydroxylation is 1. The fraction of sp³-hybridized carbons (Fsp3) is 0.412. The van der Waals surface area contributed by atoms with Crippen LogP contribution in [0.2, 0.25) is 0 Å². The molecule has 2 aromatic rings. The van der Waals surface area contributed by atoms with E-state index in [1.54, 1.807) is 13.8 Å². The summed E-state index contributed by atoms with van der Waals surface area (Å²) in [6.45, 7) is 3.72. The number of rotatable bonds is 7. The number of nitrogens with one attached hydrogen (secondary N) is 1. The van der Waals surface area contributed by atoms with Crippen molar-refractivity contribution >= 4 is 17.7 Å². The summed E-state index contributed by atoms with van der Waals surface area (Å²) < 4.78 is 5.64. The van der Waals surface area contributed by atoms with Crippen LogP contribution in [0.3, 0.4) is 0 Å². The van der Waals surface area contributed by atoms with E-state index in [4.69, 9.17) is 4.42 Å². The number of hydrogen-bond donors (Lipinski definition) is 2. The van der Waals surface area contributed by atoms with Crippen LogP contribution in [0, 0.1) is 6.92 Å². The average Bonchev–Trinajstić information content (AvgIpc) is 2.87. The number of aliphatic hydroxyl groups is 1. The number of carbonyl (C=O) groups is 1. The van der Waals surface area contributed by atoms with E-state index < -0.39 is 5.60 Å². The summed E-state index contributed by atoms with van der Waals surface area (Å²) in [6, 6.07) is 9.57. The summed E-state index contributed by atoms with van der Waals surface area (Å²) in [4.78, 5) is 16.5. The Labute approximate surface area is 140 Å². The van der Waals surface area contributed by atoms with Crippen molar-refractivity contribution in [2.45, 2.75) is 25.9 Å². The van der Waals surface area contributed by atoms with Gasteiger partial charge in [-0.05, 0) is 32.2 Å². The average molecular weight is 334 g/mol. The maximum absolute atomic E-state index is 12.1. The Bertz CT molecular complexity index is 653. The van der Waals surface area contributed by atoms with E-state index in [1.165, 1.54) is 11.8 Å². The Morgan fingerprint density at radius 3 is 2.74 bits per heavy atom. The number of benzene rings is 1. The molecule has 2 N–H and O–H groups in total. The third kappa shape index (κ3) is 5.11. The molecule has 1 atom stereocenters. The fourth-order valence-electron chi connectivity index (χ4n) is 2.16. The van der Waals surface area contributed by atoms with Gasteiger partial charge in [-0.2, -0.15) is 11.8 Å². The molecule has 0 spiro atoms. The molecule has 1 unspecified atom stereocenters. The number of carbonyl (C=O) groups excluding carboxylic acids is 1. The van der Waals surface area contributed by atoms with Gasteiger partial charge in [0.1, 0.15) is 5.76 Å². The SMILES string of the molecule is CSCC(C)(O)CNC(=O)Cc1nc(-c2ccccc2)oc1C. The van der Waals surface area contributed by atoms with E-state index in [-0.39, 0.29) is 18.9 Å². The van der Waals surface area contributed by atoms with Crippen LogP contribution in [0.1, 0.15) is 18.4 Å². The molecule has 0 aliphatic rings. The van der Waals surface area contributed by atoms with Gasteiger partial charge in [-0.15, -0.1) is 0 Å². The van der Waals surface area contributed by atoms with Crippen LogP contribution in [-0.4, -0.2) is 40.2 Å². The zero-order valence-corrected chi connectivity index (χ0v) is 14.4. The second kappa shape index (κ2) is 7.66. The third-order valence-corrected chi connectivity index (χ3v) is 4.27. The van der Waals surface area contributed by atoms with E-state index in [0.29, 0.717) is 23.1 Å². The quantitative estimate of drug-likeness (QED) is 0.813. The number of aromatic nitrogens is 1.